The van der Waals surface area contributed by atoms with Gasteiger partial charge in [-0.15, -0.1) is 3.89 Å². The van der Waals surface area contributed by atoms with Crippen molar-refractivity contribution in [3.8, 4) is 11.3 Å². The van der Waals surface area contributed by atoms with E-state index in [-0.39, 0.29) is 12.2 Å². The Bertz CT molecular complexity index is 1510. The van der Waals surface area contributed by atoms with E-state index in [2.05, 4.69) is 15.6 Å². The fourth-order valence-corrected chi connectivity index (χ4v) is 6.79. The van der Waals surface area contributed by atoms with E-state index in [0.717, 1.165) is 36.4 Å². The molecule has 1 unspecified atom stereocenters. The fourth-order valence-electron chi connectivity index (χ4n) is 4.75. The largest absolute Gasteiger partial charge is 0.432 e. The van der Waals surface area contributed by atoms with Crippen LogP contribution in [0.25, 0.3) is 11.3 Å². The molecule has 1 aliphatic rings. The SMILES string of the molecule is CNc1cc(CNC(=O)[N+]2(S(=O)(=O)c3ccc(F)cc3)CC(F)(F)C[C@H]2C)cc(-c2ccc(C(F)(F)F)cc2)n1. The maximum atomic E-state index is 14.6. The zero-order chi connectivity index (χ0) is 29.5. The molecule has 2 N–H and O–H groups in total. The molecular weight excluding hydrogens is 562 g/mol. The summed E-state index contributed by atoms with van der Waals surface area (Å²) in [5.74, 6) is -3.91. The molecule has 4 rings (SSSR count). The molecule has 40 heavy (non-hydrogen) atoms. The number of likely N-dealkylation sites (tertiary alicyclic amines) is 1. The van der Waals surface area contributed by atoms with Gasteiger partial charge in [-0.2, -0.15) is 21.6 Å². The van der Waals surface area contributed by atoms with Crippen LogP contribution in [0.5, 0.6) is 0 Å². The van der Waals surface area contributed by atoms with Crippen molar-refractivity contribution in [2.45, 2.75) is 42.9 Å². The summed E-state index contributed by atoms with van der Waals surface area (Å²) in [7, 11) is -3.21. The van der Waals surface area contributed by atoms with Crippen LogP contribution in [0.1, 0.15) is 24.5 Å². The number of benzene rings is 2. The molecule has 3 aromatic rings. The zero-order valence-electron chi connectivity index (χ0n) is 21.3. The van der Waals surface area contributed by atoms with E-state index in [9.17, 15) is 39.6 Å². The summed E-state index contributed by atoms with van der Waals surface area (Å²) in [6, 6.07) is 8.26. The molecule has 14 heteroatoms. The molecule has 1 saturated heterocycles. The van der Waals surface area contributed by atoms with Crippen LogP contribution >= 0.6 is 0 Å². The molecule has 214 valence electrons. The molecule has 7 nitrogen and oxygen atoms in total. The normalized spacial score (nSPS) is 20.8. The van der Waals surface area contributed by atoms with Gasteiger partial charge >= 0.3 is 28.2 Å². The van der Waals surface area contributed by atoms with Gasteiger partial charge in [0.15, 0.2) is 6.54 Å². The minimum atomic E-state index is -4.76. The molecule has 2 aromatic carbocycles. The van der Waals surface area contributed by atoms with Crippen LogP contribution in [0.3, 0.4) is 0 Å². The number of hydrogen-bond acceptors (Lipinski definition) is 5. The molecule has 1 aliphatic heterocycles. The number of urea groups is 1. The Balaban J connectivity index is 1.66. The maximum absolute atomic E-state index is 14.6. The Kier molecular flexibility index (Phi) is 7.62. The van der Waals surface area contributed by atoms with Gasteiger partial charge in [0.1, 0.15) is 22.6 Å². The van der Waals surface area contributed by atoms with Crippen molar-refractivity contribution < 1.29 is 43.4 Å². The first-order valence-corrected chi connectivity index (χ1v) is 13.4. The number of carbonyl (C=O) groups is 1. The highest BCUT2D eigenvalue weighted by atomic mass is 32.2. The quantitative estimate of drug-likeness (QED) is 0.282. The highest BCUT2D eigenvalue weighted by molar-refractivity contribution is 7.86. The van der Waals surface area contributed by atoms with E-state index in [4.69, 9.17) is 0 Å². The highest BCUT2D eigenvalue weighted by Crippen LogP contribution is 2.43. The topological polar surface area (TPSA) is 88.2 Å². The van der Waals surface area contributed by atoms with Gasteiger partial charge in [0.25, 0.3) is 0 Å². The van der Waals surface area contributed by atoms with Gasteiger partial charge in [0.05, 0.1) is 17.7 Å². The lowest BCUT2D eigenvalue weighted by Gasteiger charge is -2.33. The van der Waals surface area contributed by atoms with E-state index in [1.807, 2.05) is 0 Å². The van der Waals surface area contributed by atoms with Crippen molar-refractivity contribution >= 4 is 21.9 Å². The number of rotatable bonds is 6. The number of nitrogens with zero attached hydrogens (tertiary/aromatic N) is 2. The predicted octanol–water partition coefficient (Wildman–Crippen LogP) is 5.79. The van der Waals surface area contributed by atoms with Crippen LogP contribution in [0.4, 0.5) is 37.0 Å². The molecule has 1 fully saturated rings. The summed E-state index contributed by atoms with van der Waals surface area (Å²) < 4.78 is 107. The number of amides is 2. The Hall–Kier alpha value is -3.65. The monoisotopic (exact) mass is 587 g/mol. The van der Waals surface area contributed by atoms with Crippen molar-refractivity contribution in [2.75, 3.05) is 18.9 Å². The molecule has 2 heterocycles. The summed E-state index contributed by atoms with van der Waals surface area (Å²) in [4.78, 5) is 17.3. The number of anilines is 1. The number of carbonyl (C=O) groups excluding carboxylic acids is 1. The van der Waals surface area contributed by atoms with Crippen molar-refractivity contribution in [2.24, 2.45) is 0 Å². The number of quaternary nitrogens is 1. The smallest absolute Gasteiger partial charge is 0.373 e. The molecular formula is C26H25F6N4O3S+. The third-order valence-electron chi connectivity index (χ3n) is 6.75. The van der Waals surface area contributed by atoms with Crippen LogP contribution in [0.15, 0.2) is 65.6 Å². The first kappa shape index (κ1) is 29.3. The summed E-state index contributed by atoms with van der Waals surface area (Å²) in [6.07, 6.45) is -5.39. The summed E-state index contributed by atoms with van der Waals surface area (Å²) in [5, 5.41) is 5.24. The lowest BCUT2D eigenvalue weighted by atomic mass is 10.1. The summed E-state index contributed by atoms with van der Waals surface area (Å²) >= 11 is 0. The maximum Gasteiger partial charge on any atom is 0.432 e. The predicted molar refractivity (Wildman–Crippen MR) is 134 cm³/mol. The van der Waals surface area contributed by atoms with Gasteiger partial charge in [-0.25, -0.2) is 22.9 Å². The second-order valence-corrected chi connectivity index (χ2v) is 11.6. The zero-order valence-corrected chi connectivity index (χ0v) is 22.1. The Morgan fingerprint density at radius 3 is 2.23 bits per heavy atom. The van der Waals surface area contributed by atoms with Crippen molar-refractivity contribution in [3.05, 3.63) is 77.6 Å². The van der Waals surface area contributed by atoms with Gasteiger partial charge in [-0.1, -0.05) is 12.1 Å². The third kappa shape index (κ3) is 5.50. The second kappa shape index (κ2) is 10.4. The first-order chi connectivity index (χ1) is 18.6. The number of pyridine rings is 1. The lowest BCUT2D eigenvalue weighted by molar-refractivity contribution is -0.738. The Labute approximate surface area is 226 Å². The molecule has 0 bridgehead atoms. The van der Waals surface area contributed by atoms with E-state index in [1.165, 1.54) is 31.2 Å². The van der Waals surface area contributed by atoms with Gasteiger partial charge in [0.2, 0.25) is 0 Å². The first-order valence-electron chi connectivity index (χ1n) is 12.0. The van der Waals surface area contributed by atoms with Crippen LogP contribution in [0, 0.1) is 5.82 Å². The second-order valence-electron chi connectivity index (χ2n) is 9.52. The molecule has 0 saturated carbocycles. The lowest BCUT2D eigenvalue weighted by Crippen LogP contribution is -2.62. The average Bonchev–Trinajstić information content (AvgIpc) is 3.16. The Morgan fingerprint density at radius 1 is 1.07 bits per heavy atom. The van der Waals surface area contributed by atoms with Gasteiger partial charge in [-0.3, -0.25) is 0 Å². The van der Waals surface area contributed by atoms with Gasteiger partial charge in [-0.05, 0) is 61.0 Å². The fraction of sp³-hybridized carbons (Fsp3) is 0.308. The molecule has 0 aliphatic carbocycles. The number of nitrogens with one attached hydrogen (secondary N) is 2. The van der Waals surface area contributed by atoms with Gasteiger partial charge < -0.3 is 10.6 Å². The number of halogens is 6. The number of aromatic nitrogens is 1. The Morgan fingerprint density at radius 2 is 1.70 bits per heavy atom. The molecule has 2 amide bonds. The van der Waals surface area contributed by atoms with Crippen molar-refractivity contribution in [3.63, 3.8) is 0 Å². The molecule has 2 atom stereocenters. The number of hydrogen-bond donors (Lipinski definition) is 2. The van der Waals surface area contributed by atoms with Gasteiger partial charge in [0, 0.05) is 19.2 Å². The standard InChI is InChI=1S/C26H24F6N4O3S/c1-16-13-25(28,29)15-36(16,40(38,39)21-9-7-20(27)8-10-21)24(37)34-14-17-11-22(35-23(12-17)33-2)18-3-5-19(6-4-18)26(30,31)32/h3-12,16H,13-15H2,1-2H3,(H-,33,34,35,37)/p+1/t16-,36?/m1/s1. The van der Waals surface area contributed by atoms with E-state index >= 15 is 0 Å². The number of sulfonamides is 1. The van der Waals surface area contributed by atoms with E-state index < -0.39 is 67.3 Å². The van der Waals surface area contributed by atoms with Crippen LogP contribution < -0.4 is 10.6 Å². The van der Waals surface area contributed by atoms with E-state index in [1.54, 1.807) is 7.05 Å². The van der Waals surface area contributed by atoms with Crippen molar-refractivity contribution in [1.82, 2.24) is 10.3 Å². The average molecular weight is 588 g/mol. The third-order valence-corrected chi connectivity index (χ3v) is 9.13. The molecule has 0 radical (unpaired) electrons. The van der Waals surface area contributed by atoms with Crippen LogP contribution in [-0.4, -0.2) is 48.9 Å². The number of alkyl halides is 5. The van der Waals surface area contributed by atoms with Crippen molar-refractivity contribution in [1.29, 1.82) is 0 Å². The van der Waals surface area contributed by atoms with E-state index in [0.29, 0.717) is 16.9 Å². The summed E-state index contributed by atoms with van der Waals surface area (Å²) in [5.41, 5.74) is 0.126. The molecule has 1 aromatic heterocycles. The minimum Gasteiger partial charge on any atom is -0.373 e. The minimum absolute atomic E-state index is 0.258. The highest BCUT2D eigenvalue weighted by Gasteiger charge is 2.66. The summed E-state index contributed by atoms with van der Waals surface area (Å²) in [6.45, 7) is -0.384. The van der Waals surface area contributed by atoms with Crippen LogP contribution in [0.2, 0.25) is 0 Å². The van der Waals surface area contributed by atoms with Crippen LogP contribution in [-0.2, 0) is 22.7 Å². The molecule has 0 spiro atoms.